The predicted octanol–water partition coefficient (Wildman–Crippen LogP) is 5.56. The zero-order valence-corrected chi connectivity index (χ0v) is 20.6. The van der Waals surface area contributed by atoms with Gasteiger partial charge in [-0.25, -0.2) is 4.98 Å². The quantitative estimate of drug-likeness (QED) is 0.328. The molecule has 180 valence electrons. The van der Waals surface area contributed by atoms with Crippen LogP contribution in [-0.4, -0.2) is 47.0 Å². The second-order valence-corrected chi connectivity index (χ2v) is 8.40. The number of benzene rings is 2. The van der Waals surface area contributed by atoms with Crippen LogP contribution in [0.25, 0.3) is 11.3 Å². The molecule has 0 spiro atoms. The van der Waals surface area contributed by atoms with Crippen molar-refractivity contribution >= 4 is 11.7 Å². The molecule has 1 amide bonds. The molecule has 1 heterocycles. The molecule has 1 atom stereocenters. The number of hydrogen-bond donors (Lipinski definition) is 2. The number of carbonyl (C=O) groups is 1. The van der Waals surface area contributed by atoms with E-state index in [1.807, 2.05) is 30.3 Å². The molecule has 1 aromatic heterocycles. The number of rotatable bonds is 13. The highest BCUT2D eigenvalue weighted by Gasteiger charge is 2.12. The van der Waals surface area contributed by atoms with Crippen LogP contribution in [-0.2, 0) is 0 Å². The first-order valence-corrected chi connectivity index (χ1v) is 12.4. The van der Waals surface area contributed by atoms with E-state index in [4.69, 9.17) is 4.98 Å². The zero-order chi connectivity index (χ0) is 24.2. The van der Waals surface area contributed by atoms with Gasteiger partial charge in [0.25, 0.3) is 5.91 Å². The van der Waals surface area contributed by atoms with Crippen LogP contribution in [0.3, 0.4) is 0 Å². The Morgan fingerprint density at radius 2 is 1.71 bits per heavy atom. The molecule has 3 rings (SSSR count). The Bertz CT molecular complexity index is 1000. The van der Waals surface area contributed by atoms with E-state index in [1.54, 1.807) is 12.4 Å². The summed E-state index contributed by atoms with van der Waals surface area (Å²) >= 11 is 0. The van der Waals surface area contributed by atoms with Crippen molar-refractivity contribution in [1.82, 2.24) is 20.2 Å². The zero-order valence-electron chi connectivity index (χ0n) is 20.6. The highest BCUT2D eigenvalue weighted by Crippen LogP contribution is 2.24. The molecule has 0 saturated heterocycles. The lowest BCUT2D eigenvalue weighted by molar-refractivity contribution is 0.0952. The topological polar surface area (TPSA) is 70.2 Å². The summed E-state index contributed by atoms with van der Waals surface area (Å²) in [5.74, 6) is 0.702. The van der Waals surface area contributed by atoms with Crippen LogP contribution in [0.2, 0.25) is 0 Å². The number of carbonyl (C=O) groups excluding carboxylic acids is 1. The van der Waals surface area contributed by atoms with Gasteiger partial charge in [0, 0.05) is 17.7 Å². The van der Waals surface area contributed by atoms with Crippen molar-refractivity contribution < 1.29 is 4.79 Å². The predicted molar refractivity (Wildman–Crippen MR) is 140 cm³/mol. The summed E-state index contributed by atoms with van der Waals surface area (Å²) in [4.78, 5) is 24.0. The summed E-state index contributed by atoms with van der Waals surface area (Å²) in [5.41, 5.74) is 3.60. The van der Waals surface area contributed by atoms with Gasteiger partial charge in [-0.1, -0.05) is 69.7 Å². The first-order valence-electron chi connectivity index (χ1n) is 12.4. The Balaban J connectivity index is 1.61. The van der Waals surface area contributed by atoms with E-state index in [-0.39, 0.29) is 11.9 Å². The van der Waals surface area contributed by atoms with Crippen LogP contribution < -0.4 is 10.6 Å². The van der Waals surface area contributed by atoms with Crippen molar-refractivity contribution in [1.29, 1.82) is 0 Å². The lowest BCUT2D eigenvalue weighted by Crippen LogP contribution is -2.29. The molecule has 3 aromatic rings. The highest BCUT2D eigenvalue weighted by molar-refractivity contribution is 5.94. The van der Waals surface area contributed by atoms with Crippen LogP contribution in [0, 0.1) is 0 Å². The molecular weight excluding hydrogens is 422 g/mol. The summed E-state index contributed by atoms with van der Waals surface area (Å²) in [7, 11) is 0. The van der Waals surface area contributed by atoms with Gasteiger partial charge in [0.05, 0.1) is 24.1 Å². The molecule has 34 heavy (non-hydrogen) atoms. The molecule has 0 aliphatic heterocycles. The van der Waals surface area contributed by atoms with Crippen molar-refractivity contribution in [3.05, 3.63) is 78.1 Å². The molecule has 6 nitrogen and oxygen atoms in total. The monoisotopic (exact) mass is 459 g/mol. The minimum Gasteiger partial charge on any atom is -0.362 e. The smallest absolute Gasteiger partial charge is 0.251 e. The number of aromatic nitrogens is 2. The fraction of sp³-hybridized carbons (Fsp3) is 0.393. The maximum atomic E-state index is 12.5. The molecule has 0 bridgehead atoms. The second kappa shape index (κ2) is 13.5. The van der Waals surface area contributed by atoms with Gasteiger partial charge in [-0.2, -0.15) is 0 Å². The number of nitrogens with one attached hydrogen (secondary N) is 2. The van der Waals surface area contributed by atoms with E-state index in [9.17, 15) is 4.79 Å². The van der Waals surface area contributed by atoms with Crippen LogP contribution in [0.15, 0.2) is 67.0 Å². The Morgan fingerprint density at radius 1 is 0.971 bits per heavy atom. The van der Waals surface area contributed by atoms with Crippen molar-refractivity contribution in [3.8, 4) is 11.3 Å². The summed E-state index contributed by atoms with van der Waals surface area (Å²) < 4.78 is 0. The van der Waals surface area contributed by atoms with Gasteiger partial charge >= 0.3 is 0 Å². The minimum atomic E-state index is -0.0436. The van der Waals surface area contributed by atoms with E-state index in [0.717, 1.165) is 56.0 Å². The number of anilines is 1. The summed E-state index contributed by atoms with van der Waals surface area (Å²) in [6.07, 6.45) is 6.54. The lowest BCUT2D eigenvalue weighted by atomic mass is 10.0. The Hall–Kier alpha value is -3.25. The fourth-order valence-corrected chi connectivity index (χ4v) is 3.99. The third-order valence-electron chi connectivity index (χ3n) is 6.01. The largest absolute Gasteiger partial charge is 0.362 e. The van der Waals surface area contributed by atoms with Crippen molar-refractivity contribution in [2.24, 2.45) is 0 Å². The van der Waals surface area contributed by atoms with E-state index in [2.05, 4.69) is 65.6 Å². The van der Waals surface area contributed by atoms with Gasteiger partial charge in [0.15, 0.2) is 0 Å². The Morgan fingerprint density at radius 3 is 2.38 bits per heavy atom. The first kappa shape index (κ1) is 25.4. The highest BCUT2D eigenvalue weighted by atomic mass is 16.1. The van der Waals surface area contributed by atoms with Gasteiger partial charge in [-0.15, -0.1) is 0 Å². The van der Waals surface area contributed by atoms with Crippen LogP contribution in [0.1, 0.15) is 62.0 Å². The van der Waals surface area contributed by atoms with Crippen molar-refractivity contribution in [2.45, 2.75) is 46.1 Å². The second-order valence-electron chi connectivity index (χ2n) is 8.40. The maximum Gasteiger partial charge on any atom is 0.251 e. The summed E-state index contributed by atoms with van der Waals surface area (Å²) in [5, 5.41) is 6.56. The standard InChI is InChI=1S/C28H37N5O/c1-4-11-25(22-12-8-7-9-13-22)31-27-21-29-20-26(32-27)23-14-16-24(17-15-23)28(34)30-18-10-19-33(5-2)6-3/h7-9,12-17,20-21,25H,4-6,10-11,18-19H2,1-3H3,(H,30,34)(H,31,32). The molecule has 6 heteroatoms. The number of nitrogens with zero attached hydrogens (tertiary/aromatic N) is 3. The Kier molecular flexibility index (Phi) is 10.0. The molecule has 0 saturated carbocycles. The molecule has 1 unspecified atom stereocenters. The van der Waals surface area contributed by atoms with E-state index < -0.39 is 0 Å². The van der Waals surface area contributed by atoms with Crippen LogP contribution in [0.4, 0.5) is 5.82 Å². The van der Waals surface area contributed by atoms with Gasteiger partial charge in [-0.05, 0) is 50.2 Å². The average molecular weight is 460 g/mol. The van der Waals surface area contributed by atoms with E-state index >= 15 is 0 Å². The van der Waals surface area contributed by atoms with Crippen LogP contribution in [0.5, 0.6) is 0 Å². The van der Waals surface area contributed by atoms with E-state index in [1.165, 1.54) is 5.56 Å². The molecule has 0 aliphatic carbocycles. The van der Waals surface area contributed by atoms with Crippen molar-refractivity contribution in [3.63, 3.8) is 0 Å². The Labute approximate surface area is 203 Å². The number of hydrogen-bond acceptors (Lipinski definition) is 5. The normalized spacial score (nSPS) is 11.9. The van der Waals surface area contributed by atoms with Crippen LogP contribution >= 0.6 is 0 Å². The molecule has 2 N–H and O–H groups in total. The van der Waals surface area contributed by atoms with Gasteiger partial charge in [-0.3, -0.25) is 9.78 Å². The molecular formula is C28H37N5O. The van der Waals surface area contributed by atoms with Crippen molar-refractivity contribution in [2.75, 3.05) is 31.5 Å². The third-order valence-corrected chi connectivity index (χ3v) is 6.01. The average Bonchev–Trinajstić information content (AvgIpc) is 2.89. The summed E-state index contributed by atoms with van der Waals surface area (Å²) in [6, 6.07) is 18.2. The first-order chi connectivity index (χ1) is 16.6. The molecule has 2 aromatic carbocycles. The summed E-state index contributed by atoms with van der Waals surface area (Å²) in [6.45, 7) is 10.3. The fourth-order valence-electron chi connectivity index (χ4n) is 3.99. The molecule has 0 fully saturated rings. The van der Waals surface area contributed by atoms with Gasteiger partial charge in [0.1, 0.15) is 5.82 Å². The SMILES string of the molecule is CCCC(Nc1cncc(-c2ccc(C(=O)NCCCN(CC)CC)cc2)n1)c1ccccc1. The van der Waals surface area contributed by atoms with Gasteiger partial charge < -0.3 is 15.5 Å². The maximum absolute atomic E-state index is 12.5. The third kappa shape index (κ3) is 7.39. The lowest BCUT2D eigenvalue weighted by Gasteiger charge is -2.19. The van der Waals surface area contributed by atoms with Gasteiger partial charge in [0.2, 0.25) is 0 Å². The molecule has 0 aliphatic rings. The molecule has 0 radical (unpaired) electrons. The minimum absolute atomic E-state index is 0.0436. The number of amides is 1. The van der Waals surface area contributed by atoms with E-state index in [0.29, 0.717) is 12.1 Å².